The van der Waals surface area contributed by atoms with Crippen LogP contribution in [-0.2, 0) is 0 Å². The van der Waals surface area contributed by atoms with E-state index in [1.54, 1.807) is 12.1 Å². The van der Waals surface area contributed by atoms with Crippen molar-refractivity contribution in [3.05, 3.63) is 35.6 Å². The average molecular weight is 280 g/mol. The first-order chi connectivity index (χ1) is 9.60. The van der Waals surface area contributed by atoms with Crippen LogP contribution in [0.5, 0.6) is 0 Å². The summed E-state index contributed by atoms with van der Waals surface area (Å²) in [6.07, 6.45) is 4.64. The van der Waals surface area contributed by atoms with E-state index < -0.39 is 0 Å². The molecule has 2 N–H and O–H groups in total. The predicted molar refractivity (Wildman–Crippen MR) is 84.2 cm³/mol. The molecule has 0 radical (unpaired) electrons. The Kier molecular flexibility index (Phi) is 7.78. The third kappa shape index (κ3) is 5.22. The number of hydrogen-bond acceptors (Lipinski definition) is 2. The molecule has 0 aromatic heterocycles. The van der Waals surface area contributed by atoms with Gasteiger partial charge in [0, 0.05) is 12.1 Å². The van der Waals surface area contributed by atoms with Gasteiger partial charge in [0.15, 0.2) is 0 Å². The minimum Gasteiger partial charge on any atom is -0.326 e. The molecule has 2 unspecified atom stereocenters. The third-order valence-electron chi connectivity index (χ3n) is 3.68. The highest BCUT2D eigenvalue weighted by Gasteiger charge is 2.23. The summed E-state index contributed by atoms with van der Waals surface area (Å²) in [5, 5.41) is 0. The van der Waals surface area contributed by atoms with Crippen LogP contribution >= 0.6 is 0 Å². The van der Waals surface area contributed by atoms with Crippen molar-refractivity contribution in [1.82, 2.24) is 4.90 Å². The van der Waals surface area contributed by atoms with Gasteiger partial charge >= 0.3 is 0 Å². The van der Waals surface area contributed by atoms with E-state index in [1.165, 1.54) is 6.07 Å². The monoisotopic (exact) mass is 280 g/mol. The van der Waals surface area contributed by atoms with Crippen molar-refractivity contribution in [2.24, 2.45) is 5.73 Å². The molecule has 1 aromatic carbocycles. The first-order valence-electron chi connectivity index (χ1n) is 7.85. The first kappa shape index (κ1) is 17.1. The van der Waals surface area contributed by atoms with E-state index in [0.717, 1.165) is 44.3 Å². The van der Waals surface area contributed by atoms with E-state index in [1.807, 2.05) is 13.0 Å². The molecule has 2 nitrogen and oxygen atoms in total. The van der Waals surface area contributed by atoms with Crippen LogP contribution in [0.4, 0.5) is 4.39 Å². The van der Waals surface area contributed by atoms with Crippen LogP contribution in [0, 0.1) is 5.82 Å². The predicted octanol–water partition coefficient (Wildman–Crippen LogP) is 4.12. The number of benzene rings is 1. The van der Waals surface area contributed by atoms with Gasteiger partial charge in [0.25, 0.3) is 0 Å². The second kappa shape index (κ2) is 9.09. The number of hydrogen-bond donors (Lipinski definition) is 1. The Labute approximate surface area is 123 Å². The molecule has 0 spiro atoms. The lowest BCUT2D eigenvalue weighted by Gasteiger charge is -2.34. The molecule has 0 aliphatic rings. The topological polar surface area (TPSA) is 29.3 Å². The minimum atomic E-state index is -0.181. The van der Waals surface area contributed by atoms with Crippen molar-refractivity contribution >= 4 is 0 Å². The maximum absolute atomic E-state index is 13.5. The Morgan fingerprint density at radius 1 is 1.15 bits per heavy atom. The Balaban J connectivity index is 2.93. The number of nitrogens with two attached hydrogens (primary N) is 1. The summed E-state index contributed by atoms with van der Waals surface area (Å²) in [7, 11) is 0. The van der Waals surface area contributed by atoms with Gasteiger partial charge in [-0.1, -0.05) is 38.8 Å². The summed E-state index contributed by atoms with van der Waals surface area (Å²) in [6.45, 7) is 8.46. The van der Waals surface area contributed by atoms with Crippen LogP contribution in [0.25, 0.3) is 0 Å². The summed E-state index contributed by atoms with van der Waals surface area (Å²) >= 11 is 0. The van der Waals surface area contributed by atoms with Crippen molar-refractivity contribution in [3.8, 4) is 0 Å². The second-order valence-electron chi connectivity index (χ2n) is 5.60. The van der Waals surface area contributed by atoms with Crippen LogP contribution < -0.4 is 5.73 Å². The molecule has 0 aliphatic heterocycles. The minimum absolute atomic E-state index is 0.00878. The Morgan fingerprint density at radius 2 is 1.75 bits per heavy atom. The largest absolute Gasteiger partial charge is 0.326 e. The fourth-order valence-corrected chi connectivity index (χ4v) is 2.65. The maximum Gasteiger partial charge on any atom is 0.123 e. The number of rotatable bonds is 9. The summed E-state index contributed by atoms with van der Waals surface area (Å²) < 4.78 is 13.5. The van der Waals surface area contributed by atoms with Crippen molar-refractivity contribution < 1.29 is 4.39 Å². The molecule has 1 aromatic rings. The summed E-state index contributed by atoms with van der Waals surface area (Å²) in [6, 6.07) is 6.97. The Morgan fingerprint density at radius 3 is 2.20 bits per heavy atom. The molecule has 3 heteroatoms. The summed E-state index contributed by atoms with van der Waals surface area (Å²) in [4.78, 5) is 2.42. The van der Waals surface area contributed by atoms with E-state index in [-0.39, 0.29) is 17.9 Å². The smallest absolute Gasteiger partial charge is 0.123 e. The number of nitrogens with zero attached hydrogens (tertiary/aromatic N) is 1. The van der Waals surface area contributed by atoms with Crippen LogP contribution in [0.2, 0.25) is 0 Å². The van der Waals surface area contributed by atoms with Crippen molar-refractivity contribution in [2.75, 3.05) is 13.1 Å². The quantitative estimate of drug-likeness (QED) is 0.737. The van der Waals surface area contributed by atoms with Gasteiger partial charge in [-0.25, -0.2) is 4.39 Å². The average Bonchev–Trinajstić information content (AvgIpc) is 2.41. The van der Waals surface area contributed by atoms with Crippen molar-refractivity contribution in [1.29, 1.82) is 0 Å². The van der Waals surface area contributed by atoms with E-state index in [4.69, 9.17) is 5.73 Å². The standard InChI is InChI=1S/C17H29FN2/c1-4-6-11-20(12-7-5-2)17(14(3)19)15-9-8-10-16(18)13-15/h8-10,13-14,17H,4-7,11-12,19H2,1-3H3. The van der Waals surface area contributed by atoms with E-state index in [2.05, 4.69) is 18.7 Å². The molecular weight excluding hydrogens is 251 g/mol. The highest BCUT2D eigenvalue weighted by molar-refractivity contribution is 5.21. The molecule has 0 aliphatic carbocycles. The second-order valence-corrected chi connectivity index (χ2v) is 5.60. The van der Waals surface area contributed by atoms with Crippen LogP contribution in [0.15, 0.2) is 24.3 Å². The molecule has 0 bridgehead atoms. The Bertz CT molecular complexity index is 371. The lowest BCUT2D eigenvalue weighted by atomic mass is 9.98. The van der Waals surface area contributed by atoms with Gasteiger partial charge in [0.2, 0.25) is 0 Å². The molecule has 20 heavy (non-hydrogen) atoms. The maximum atomic E-state index is 13.5. The highest BCUT2D eigenvalue weighted by Crippen LogP contribution is 2.25. The zero-order valence-corrected chi connectivity index (χ0v) is 13.1. The van der Waals surface area contributed by atoms with Gasteiger partial charge in [-0.2, -0.15) is 0 Å². The zero-order valence-electron chi connectivity index (χ0n) is 13.1. The third-order valence-corrected chi connectivity index (χ3v) is 3.68. The van der Waals surface area contributed by atoms with Crippen molar-refractivity contribution in [3.63, 3.8) is 0 Å². The molecular formula is C17H29FN2. The number of halogens is 1. The molecule has 0 heterocycles. The van der Waals surface area contributed by atoms with Crippen LogP contribution in [0.3, 0.4) is 0 Å². The van der Waals surface area contributed by atoms with Gasteiger partial charge < -0.3 is 5.73 Å². The summed E-state index contributed by atoms with van der Waals surface area (Å²) in [5.41, 5.74) is 7.19. The van der Waals surface area contributed by atoms with Gasteiger partial charge in [0.1, 0.15) is 5.82 Å². The van der Waals surface area contributed by atoms with Crippen LogP contribution in [0.1, 0.15) is 58.1 Å². The number of unbranched alkanes of at least 4 members (excludes halogenated alkanes) is 2. The summed E-state index contributed by atoms with van der Waals surface area (Å²) in [5.74, 6) is -0.181. The zero-order chi connectivity index (χ0) is 15.0. The Hall–Kier alpha value is -0.930. The SMILES string of the molecule is CCCCN(CCCC)C(c1cccc(F)c1)C(C)N. The lowest BCUT2D eigenvalue weighted by Crippen LogP contribution is -2.40. The highest BCUT2D eigenvalue weighted by atomic mass is 19.1. The molecule has 0 saturated heterocycles. The fraction of sp³-hybridized carbons (Fsp3) is 0.647. The van der Waals surface area contributed by atoms with E-state index in [9.17, 15) is 4.39 Å². The van der Waals surface area contributed by atoms with Gasteiger partial charge in [-0.15, -0.1) is 0 Å². The van der Waals surface area contributed by atoms with Gasteiger partial charge in [0.05, 0.1) is 0 Å². The van der Waals surface area contributed by atoms with Gasteiger partial charge in [-0.05, 0) is 50.6 Å². The first-order valence-corrected chi connectivity index (χ1v) is 7.85. The van der Waals surface area contributed by atoms with E-state index >= 15 is 0 Å². The molecule has 114 valence electrons. The van der Waals surface area contributed by atoms with Crippen molar-refractivity contribution in [2.45, 2.75) is 58.5 Å². The molecule has 0 saturated carbocycles. The van der Waals surface area contributed by atoms with E-state index in [0.29, 0.717) is 0 Å². The van der Waals surface area contributed by atoms with Crippen LogP contribution in [-0.4, -0.2) is 24.0 Å². The normalized spacial score (nSPS) is 14.5. The molecule has 1 rings (SSSR count). The molecule has 2 atom stereocenters. The molecule has 0 amide bonds. The lowest BCUT2D eigenvalue weighted by molar-refractivity contribution is 0.171. The molecule has 0 fully saturated rings. The van der Waals surface area contributed by atoms with Gasteiger partial charge in [-0.3, -0.25) is 4.90 Å². The fourth-order valence-electron chi connectivity index (χ4n) is 2.65.